The second-order valence-corrected chi connectivity index (χ2v) is 10.3. The molecule has 0 radical (unpaired) electrons. The molecule has 3 aromatic heterocycles. The molecule has 2 aromatic carbocycles. The first-order chi connectivity index (χ1) is 20.4. The van der Waals surface area contributed by atoms with E-state index in [1.54, 1.807) is 10.9 Å². The van der Waals surface area contributed by atoms with E-state index >= 15 is 0 Å². The maximum Gasteiger partial charge on any atom is 0.433 e. The van der Waals surface area contributed by atoms with Gasteiger partial charge in [-0.25, -0.2) is 19.2 Å². The number of piperidine rings is 1. The first-order valence-corrected chi connectivity index (χ1v) is 13.7. The van der Waals surface area contributed by atoms with Crippen LogP contribution in [0.4, 0.5) is 17.5 Å². The Kier molecular flexibility index (Phi) is 7.26. The summed E-state index contributed by atoms with van der Waals surface area (Å²) in [5, 5.41) is 11.6. The van der Waals surface area contributed by atoms with Crippen LogP contribution in [0.3, 0.4) is 0 Å². The number of fused-ring (bicyclic) bond motifs is 2. The Morgan fingerprint density at radius 3 is 2.88 bits per heavy atom. The Morgan fingerprint density at radius 2 is 2.05 bits per heavy atom. The van der Waals surface area contributed by atoms with Gasteiger partial charge in [-0.2, -0.15) is 0 Å². The number of aryl methyl sites for hydroxylation is 2. The number of rotatable bonds is 7. The van der Waals surface area contributed by atoms with Crippen LogP contribution < -0.4 is 10.1 Å². The number of aromatic nitrogens is 7. The van der Waals surface area contributed by atoms with Gasteiger partial charge in [0.2, 0.25) is 11.4 Å². The largest absolute Gasteiger partial charge is 0.457 e. The van der Waals surface area contributed by atoms with Crippen LogP contribution in [-0.4, -0.2) is 76.7 Å². The molecule has 212 valence electrons. The van der Waals surface area contributed by atoms with Crippen LogP contribution >= 0.6 is 0 Å². The third-order valence-electron chi connectivity index (χ3n) is 7.31. The highest BCUT2D eigenvalue weighted by atomic mass is 16.5. The Morgan fingerprint density at radius 1 is 1.17 bits per heavy atom. The lowest BCUT2D eigenvalue weighted by Crippen LogP contribution is -2.40. The summed E-state index contributed by atoms with van der Waals surface area (Å²) in [6.07, 6.45) is 8.56. The molecule has 1 fully saturated rings. The van der Waals surface area contributed by atoms with Crippen molar-refractivity contribution in [2.75, 3.05) is 25.5 Å². The number of benzene rings is 2. The predicted molar refractivity (Wildman–Crippen MR) is 160 cm³/mol. The molecule has 0 bridgehead atoms. The summed E-state index contributed by atoms with van der Waals surface area (Å²) in [7, 11) is 3.77. The highest BCUT2D eigenvalue weighted by Gasteiger charge is 2.23. The first kappa shape index (κ1) is 26.9. The molecule has 1 N–H and O–H groups in total. The minimum Gasteiger partial charge on any atom is -0.457 e. The number of amides is 1. The van der Waals surface area contributed by atoms with Crippen LogP contribution in [0.2, 0.25) is 0 Å². The van der Waals surface area contributed by atoms with Crippen LogP contribution in [0.15, 0.2) is 61.6 Å². The van der Waals surface area contributed by atoms with E-state index in [9.17, 15) is 4.79 Å². The molecular weight excluding hydrogens is 532 g/mol. The van der Waals surface area contributed by atoms with Crippen molar-refractivity contribution in [2.45, 2.75) is 19.8 Å². The van der Waals surface area contributed by atoms with E-state index in [4.69, 9.17) is 9.72 Å². The molecular formula is C30H31N10O2+. The summed E-state index contributed by atoms with van der Waals surface area (Å²) in [6.45, 7) is 7.00. The SMILES string of the molecule is C=CC(=O)N1CCCC(/C=[N+](\C)c2ncc3ncnc(Nc4ccc(Oc5ccc6c(c5)nnn6C)c(C)c4)c3n2)C1. The predicted octanol–water partition coefficient (Wildman–Crippen LogP) is 4.32. The van der Waals surface area contributed by atoms with Crippen molar-refractivity contribution in [2.24, 2.45) is 13.0 Å². The molecule has 6 rings (SSSR count). The molecule has 1 aliphatic rings. The van der Waals surface area contributed by atoms with Crippen LogP contribution in [0, 0.1) is 12.8 Å². The third-order valence-corrected chi connectivity index (χ3v) is 7.31. The van der Waals surface area contributed by atoms with Gasteiger partial charge in [-0.1, -0.05) is 21.8 Å². The number of carbonyl (C=O) groups is 1. The lowest BCUT2D eigenvalue weighted by Gasteiger charge is -2.30. The van der Waals surface area contributed by atoms with Gasteiger partial charge >= 0.3 is 5.95 Å². The van der Waals surface area contributed by atoms with Gasteiger partial charge < -0.3 is 15.0 Å². The highest BCUT2D eigenvalue weighted by molar-refractivity contribution is 5.88. The fourth-order valence-electron chi connectivity index (χ4n) is 5.14. The first-order valence-electron chi connectivity index (χ1n) is 13.7. The lowest BCUT2D eigenvalue weighted by atomic mass is 9.99. The van der Waals surface area contributed by atoms with E-state index < -0.39 is 0 Å². The van der Waals surface area contributed by atoms with Crippen LogP contribution in [0.5, 0.6) is 11.5 Å². The molecule has 0 aliphatic carbocycles. The number of ether oxygens (including phenoxy) is 1. The average Bonchev–Trinajstić information content (AvgIpc) is 3.37. The Bertz CT molecular complexity index is 1850. The fraction of sp³-hybridized carbons (Fsp3) is 0.267. The summed E-state index contributed by atoms with van der Waals surface area (Å²) in [5.41, 5.74) is 4.71. The van der Waals surface area contributed by atoms with Crippen molar-refractivity contribution in [3.05, 3.63) is 67.1 Å². The lowest BCUT2D eigenvalue weighted by molar-refractivity contribution is -0.411. The highest BCUT2D eigenvalue weighted by Crippen LogP contribution is 2.30. The smallest absolute Gasteiger partial charge is 0.433 e. The average molecular weight is 564 g/mol. The van der Waals surface area contributed by atoms with E-state index in [0.29, 0.717) is 35.1 Å². The molecule has 1 atom stereocenters. The maximum atomic E-state index is 12.1. The standard InChI is InChI=1S/C30H31N10O2/c1-5-27(41)40-12-6-7-20(17-40)16-38(3)30-31-15-24-28(35-30)29(33-18-32-24)34-21-8-11-26(19(2)13-21)42-22-9-10-25-23(14-22)36-37-39(25)4/h5,8-11,13-16,18,20H,1,6-7,12,17H2,2-4H3,(H,32,33,34)/q+1/b38-16+. The molecule has 5 aromatic rings. The van der Waals surface area contributed by atoms with Crippen LogP contribution in [0.25, 0.3) is 22.1 Å². The zero-order valence-corrected chi connectivity index (χ0v) is 23.7. The molecule has 42 heavy (non-hydrogen) atoms. The number of nitrogens with zero attached hydrogens (tertiary/aromatic N) is 9. The van der Waals surface area contributed by atoms with Gasteiger partial charge in [0.1, 0.15) is 35.1 Å². The molecule has 12 nitrogen and oxygen atoms in total. The topological polar surface area (TPSA) is 127 Å². The molecule has 0 saturated carbocycles. The van der Waals surface area contributed by atoms with E-state index in [1.807, 2.05) is 66.9 Å². The molecule has 1 amide bonds. The minimum absolute atomic E-state index is 0.0380. The molecule has 1 unspecified atom stereocenters. The number of nitrogens with one attached hydrogen (secondary N) is 1. The van der Waals surface area contributed by atoms with Crippen LogP contribution in [0.1, 0.15) is 18.4 Å². The molecule has 1 aliphatic heterocycles. The summed E-state index contributed by atoms with van der Waals surface area (Å²) in [4.78, 5) is 32.0. The van der Waals surface area contributed by atoms with E-state index in [0.717, 1.165) is 47.4 Å². The normalized spacial score (nSPS) is 15.6. The van der Waals surface area contributed by atoms with E-state index in [-0.39, 0.29) is 11.8 Å². The number of hydrogen-bond acceptors (Lipinski definition) is 9. The quantitative estimate of drug-likeness (QED) is 0.175. The van der Waals surface area contributed by atoms with Crippen molar-refractivity contribution in [3.63, 3.8) is 0 Å². The Balaban J connectivity index is 1.21. The minimum atomic E-state index is -0.0380. The van der Waals surface area contributed by atoms with Gasteiger partial charge in [0, 0.05) is 44.0 Å². The fourth-order valence-corrected chi connectivity index (χ4v) is 5.14. The molecule has 12 heteroatoms. The Hall–Kier alpha value is -5.26. The van der Waals surface area contributed by atoms with Gasteiger partial charge in [0.25, 0.3) is 0 Å². The summed E-state index contributed by atoms with van der Waals surface area (Å²) in [5.74, 6) is 2.67. The molecule has 1 saturated heterocycles. The Labute approximate surface area is 242 Å². The van der Waals surface area contributed by atoms with Gasteiger partial charge in [0.05, 0.1) is 12.6 Å². The number of anilines is 2. The van der Waals surface area contributed by atoms with Gasteiger partial charge in [-0.3, -0.25) is 4.79 Å². The maximum absolute atomic E-state index is 12.1. The summed E-state index contributed by atoms with van der Waals surface area (Å²) >= 11 is 0. The van der Waals surface area contributed by atoms with Gasteiger partial charge in [-0.05, 0) is 61.7 Å². The molecule has 0 spiro atoms. The number of hydrogen-bond donors (Lipinski definition) is 1. The number of likely N-dealkylation sites (tertiary alicyclic amines) is 1. The third kappa shape index (κ3) is 5.51. The zero-order valence-electron chi connectivity index (χ0n) is 23.7. The summed E-state index contributed by atoms with van der Waals surface area (Å²) < 4.78 is 9.77. The van der Waals surface area contributed by atoms with Crippen LogP contribution in [-0.2, 0) is 11.8 Å². The summed E-state index contributed by atoms with van der Waals surface area (Å²) in [6, 6.07) is 11.5. The van der Waals surface area contributed by atoms with Crippen molar-refractivity contribution in [3.8, 4) is 11.5 Å². The van der Waals surface area contributed by atoms with Gasteiger partial charge in [-0.15, -0.1) is 5.10 Å². The zero-order chi connectivity index (χ0) is 29.2. The number of carbonyl (C=O) groups excluding carboxylic acids is 1. The van der Waals surface area contributed by atoms with Gasteiger partial charge in [0.15, 0.2) is 5.82 Å². The van der Waals surface area contributed by atoms with Crippen molar-refractivity contribution in [1.29, 1.82) is 0 Å². The monoisotopic (exact) mass is 563 g/mol. The second-order valence-electron chi connectivity index (χ2n) is 10.3. The van der Waals surface area contributed by atoms with E-state index in [2.05, 4.69) is 43.4 Å². The van der Waals surface area contributed by atoms with E-state index in [1.165, 1.54) is 12.4 Å². The second kappa shape index (κ2) is 11.3. The van der Waals surface area contributed by atoms with Crippen molar-refractivity contribution in [1.82, 2.24) is 39.8 Å². The molecule has 4 heterocycles. The van der Waals surface area contributed by atoms with Crippen molar-refractivity contribution >= 4 is 51.6 Å². The van der Waals surface area contributed by atoms with Crippen molar-refractivity contribution < 1.29 is 14.1 Å².